The summed E-state index contributed by atoms with van der Waals surface area (Å²) in [4.78, 5) is 13.3. The predicted molar refractivity (Wildman–Crippen MR) is 72.6 cm³/mol. The SMILES string of the molecule is CCN(CC(N)=NO)C(=O)COc1cccc(Cl)c1. The van der Waals surface area contributed by atoms with Crippen molar-refractivity contribution in [2.75, 3.05) is 19.7 Å². The van der Waals surface area contributed by atoms with E-state index in [2.05, 4.69) is 5.16 Å². The Morgan fingerprint density at radius 2 is 2.32 bits per heavy atom. The number of carbonyl (C=O) groups is 1. The number of carbonyl (C=O) groups excluding carboxylic acids is 1. The molecular weight excluding hydrogens is 270 g/mol. The number of ether oxygens (including phenoxy) is 1. The standard InChI is InChI=1S/C12H16ClN3O3/c1-2-16(7-11(14)15-18)12(17)8-19-10-5-3-4-9(13)6-10/h3-6,18H,2,7-8H2,1H3,(H2,14,15). The molecule has 0 unspecified atom stereocenters. The summed E-state index contributed by atoms with van der Waals surface area (Å²) in [6.07, 6.45) is 0. The Morgan fingerprint density at radius 3 is 2.89 bits per heavy atom. The first kappa shape index (κ1) is 15.1. The number of hydrogen-bond donors (Lipinski definition) is 2. The first-order chi connectivity index (χ1) is 9.06. The van der Waals surface area contributed by atoms with Crippen molar-refractivity contribution in [1.82, 2.24) is 4.90 Å². The smallest absolute Gasteiger partial charge is 0.260 e. The topological polar surface area (TPSA) is 88.1 Å². The minimum absolute atomic E-state index is 0.0297. The molecule has 1 rings (SSSR count). The quantitative estimate of drug-likeness (QED) is 0.357. The highest BCUT2D eigenvalue weighted by Gasteiger charge is 2.14. The first-order valence-corrected chi connectivity index (χ1v) is 6.07. The molecule has 0 aliphatic carbocycles. The molecule has 104 valence electrons. The number of nitrogens with two attached hydrogens (primary N) is 1. The van der Waals surface area contributed by atoms with Crippen molar-refractivity contribution in [3.05, 3.63) is 29.3 Å². The van der Waals surface area contributed by atoms with Gasteiger partial charge in [-0.05, 0) is 25.1 Å². The van der Waals surface area contributed by atoms with Crippen molar-refractivity contribution in [2.45, 2.75) is 6.92 Å². The van der Waals surface area contributed by atoms with E-state index >= 15 is 0 Å². The maximum atomic E-state index is 11.9. The molecule has 0 bridgehead atoms. The monoisotopic (exact) mass is 285 g/mol. The van der Waals surface area contributed by atoms with Crippen LogP contribution in [0.4, 0.5) is 0 Å². The van der Waals surface area contributed by atoms with Gasteiger partial charge in [0.05, 0.1) is 6.54 Å². The van der Waals surface area contributed by atoms with Gasteiger partial charge < -0.3 is 20.6 Å². The molecule has 0 aromatic heterocycles. The van der Waals surface area contributed by atoms with Crippen LogP contribution in [-0.4, -0.2) is 41.5 Å². The lowest BCUT2D eigenvalue weighted by atomic mass is 10.3. The molecule has 0 heterocycles. The van der Waals surface area contributed by atoms with Crippen LogP contribution in [0.5, 0.6) is 5.75 Å². The van der Waals surface area contributed by atoms with Crippen molar-refractivity contribution in [3.8, 4) is 5.75 Å². The summed E-state index contributed by atoms with van der Waals surface area (Å²) in [6.45, 7) is 2.16. The molecule has 0 fully saturated rings. The Labute approximate surface area is 116 Å². The molecule has 7 heteroatoms. The molecule has 19 heavy (non-hydrogen) atoms. The third kappa shape index (κ3) is 5.05. The molecule has 0 radical (unpaired) electrons. The molecule has 0 aliphatic rings. The number of rotatable bonds is 6. The van der Waals surface area contributed by atoms with Crippen molar-refractivity contribution in [1.29, 1.82) is 0 Å². The van der Waals surface area contributed by atoms with Gasteiger partial charge in [0.15, 0.2) is 12.4 Å². The van der Waals surface area contributed by atoms with Crippen LogP contribution >= 0.6 is 11.6 Å². The number of nitrogens with zero attached hydrogens (tertiary/aromatic N) is 2. The van der Waals surface area contributed by atoms with Gasteiger partial charge in [0.25, 0.3) is 5.91 Å². The summed E-state index contributed by atoms with van der Waals surface area (Å²) in [6, 6.07) is 6.77. The van der Waals surface area contributed by atoms with Gasteiger partial charge in [0.1, 0.15) is 5.75 Å². The molecular formula is C12H16ClN3O3. The molecule has 0 spiro atoms. The number of amides is 1. The van der Waals surface area contributed by atoms with Gasteiger partial charge >= 0.3 is 0 Å². The van der Waals surface area contributed by atoms with E-state index in [0.717, 1.165) is 0 Å². The summed E-state index contributed by atoms with van der Waals surface area (Å²) >= 11 is 5.80. The van der Waals surface area contributed by atoms with E-state index in [4.69, 9.17) is 27.3 Å². The number of hydrogen-bond acceptors (Lipinski definition) is 4. The lowest BCUT2D eigenvalue weighted by Crippen LogP contribution is -2.40. The average Bonchev–Trinajstić information content (AvgIpc) is 2.41. The molecule has 6 nitrogen and oxygen atoms in total. The van der Waals surface area contributed by atoms with Crippen molar-refractivity contribution >= 4 is 23.3 Å². The van der Waals surface area contributed by atoms with Gasteiger partial charge in [0.2, 0.25) is 0 Å². The fourth-order valence-corrected chi connectivity index (χ4v) is 1.58. The molecule has 1 amide bonds. The number of halogens is 1. The van der Waals surface area contributed by atoms with E-state index in [1.807, 2.05) is 0 Å². The number of oxime groups is 1. The maximum Gasteiger partial charge on any atom is 0.260 e. The highest BCUT2D eigenvalue weighted by molar-refractivity contribution is 6.30. The highest BCUT2D eigenvalue weighted by Crippen LogP contribution is 2.16. The van der Waals surface area contributed by atoms with E-state index in [1.165, 1.54) is 4.90 Å². The second kappa shape index (κ2) is 7.48. The predicted octanol–water partition coefficient (Wildman–Crippen LogP) is 1.31. The van der Waals surface area contributed by atoms with E-state index in [9.17, 15) is 4.79 Å². The molecule has 0 aliphatic heterocycles. The minimum Gasteiger partial charge on any atom is -0.484 e. The van der Waals surface area contributed by atoms with Gasteiger partial charge in [-0.2, -0.15) is 0 Å². The van der Waals surface area contributed by atoms with Crippen LogP contribution < -0.4 is 10.5 Å². The van der Waals surface area contributed by atoms with E-state index in [-0.39, 0.29) is 24.9 Å². The van der Waals surface area contributed by atoms with Crippen LogP contribution in [0.3, 0.4) is 0 Å². The summed E-state index contributed by atoms with van der Waals surface area (Å²) < 4.78 is 5.33. The molecule has 0 saturated carbocycles. The molecule has 1 aromatic rings. The summed E-state index contributed by atoms with van der Waals surface area (Å²) in [7, 11) is 0. The van der Waals surface area contributed by atoms with Gasteiger partial charge in [-0.3, -0.25) is 4.79 Å². The van der Waals surface area contributed by atoms with E-state index < -0.39 is 0 Å². The third-order valence-electron chi connectivity index (χ3n) is 2.37. The summed E-state index contributed by atoms with van der Waals surface area (Å²) in [5.74, 6) is 0.229. The van der Waals surface area contributed by atoms with Crippen LogP contribution in [0, 0.1) is 0 Å². The van der Waals surface area contributed by atoms with Crippen molar-refractivity contribution < 1.29 is 14.7 Å². The fourth-order valence-electron chi connectivity index (χ4n) is 1.40. The Hall–Kier alpha value is -1.95. The second-order valence-electron chi connectivity index (χ2n) is 3.75. The van der Waals surface area contributed by atoms with Crippen molar-refractivity contribution in [2.24, 2.45) is 10.9 Å². The van der Waals surface area contributed by atoms with Crippen LogP contribution in [-0.2, 0) is 4.79 Å². The number of likely N-dealkylation sites (N-methyl/N-ethyl adjacent to an activating group) is 1. The molecule has 1 aromatic carbocycles. The molecule has 3 N–H and O–H groups in total. The largest absolute Gasteiger partial charge is 0.484 e. The van der Waals surface area contributed by atoms with Crippen LogP contribution in [0.1, 0.15) is 6.92 Å². The lowest BCUT2D eigenvalue weighted by molar-refractivity contribution is -0.132. The number of amidine groups is 1. The normalized spacial score (nSPS) is 11.2. The number of benzene rings is 1. The fraction of sp³-hybridized carbons (Fsp3) is 0.333. The average molecular weight is 286 g/mol. The Kier molecular flexibility index (Phi) is 5.95. The zero-order valence-electron chi connectivity index (χ0n) is 10.5. The highest BCUT2D eigenvalue weighted by atomic mass is 35.5. The minimum atomic E-state index is -0.255. The third-order valence-corrected chi connectivity index (χ3v) is 2.61. The maximum absolute atomic E-state index is 11.9. The Morgan fingerprint density at radius 1 is 1.58 bits per heavy atom. The van der Waals surface area contributed by atoms with Crippen LogP contribution in [0.2, 0.25) is 5.02 Å². The van der Waals surface area contributed by atoms with Crippen molar-refractivity contribution in [3.63, 3.8) is 0 Å². The van der Waals surface area contributed by atoms with Gasteiger partial charge in [-0.1, -0.05) is 22.8 Å². The first-order valence-electron chi connectivity index (χ1n) is 5.69. The van der Waals surface area contributed by atoms with Gasteiger partial charge in [-0.15, -0.1) is 0 Å². The molecule has 0 atom stereocenters. The van der Waals surface area contributed by atoms with Crippen LogP contribution in [0.15, 0.2) is 29.4 Å². The zero-order chi connectivity index (χ0) is 14.3. The summed E-state index contributed by atoms with van der Waals surface area (Å²) in [5.41, 5.74) is 5.36. The van der Waals surface area contributed by atoms with E-state index in [1.54, 1.807) is 31.2 Å². The van der Waals surface area contributed by atoms with E-state index in [0.29, 0.717) is 17.3 Å². The second-order valence-corrected chi connectivity index (χ2v) is 4.18. The molecule has 0 saturated heterocycles. The van der Waals surface area contributed by atoms with Gasteiger partial charge in [-0.25, -0.2) is 0 Å². The van der Waals surface area contributed by atoms with Gasteiger partial charge in [0, 0.05) is 11.6 Å². The zero-order valence-corrected chi connectivity index (χ0v) is 11.3. The Balaban J connectivity index is 2.53. The lowest BCUT2D eigenvalue weighted by Gasteiger charge is -2.20. The summed E-state index contributed by atoms with van der Waals surface area (Å²) in [5, 5.41) is 11.8. The van der Waals surface area contributed by atoms with Crippen LogP contribution in [0.25, 0.3) is 0 Å². The Bertz CT molecular complexity index is 465.